The largest absolute Gasteiger partial charge is 0.493 e. The molecule has 1 aromatic heterocycles. The van der Waals surface area contributed by atoms with E-state index in [2.05, 4.69) is 20.2 Å². The number of methoxy groups -OCH3 is 2. The average molecular weight is 356 g/mol. The van der Waals surface area contributed by atoms with Gasteiger partial charge in [-0.15, -0.1) is 0 Å². The van der Waals surface area contributed by atoms with Gasteiger partial charge in [-0.05, 0) is 30.5 Å². The third kappa shape index (κ3) is 4.22. The number of aromatic nitrogens is 2. The highest BCUT2D eigenvalue weighted by atomic mass is 16.5. The van der Waals surface area contributed by atoms with Crippen molar-refractivity contribution in [1.29, 1.82) is 0 Å². The van der Waals surface area contributed by atoms with Crippen LogP contribution in [0.15, 0.2) is 36.8 Å². The van der Waals surface area contributed by atoms with Gasteiger partial charge in [0.05, 0.1) is 20.4 Å². The van der Waals surface area contributed by atoms with Crippen LogP contribution in [0, 0.1) is 5.92 Å². The fraction of sp³-hybridized carbons (Fsp3) is 0.421. The number of anilines is 1. The van der Waals surface area contributed by atoms with E-state index < -0.39 is 0 Å². The molecule has 0 saturated carbocycles. The first-order chi connectivity index (χ1) is 12.7. The summed E-state index contributed by atoms with van der Waals surface area (Å²) in [6.07, 6.45) is 6.75. The lowest BCUT2D eigenvalue weighted by atomic mass is 9.96. The van der Waals surface area contributed by atoms with Crippen LogP contribution in [-0.4, -0.2) is 43.2 Å². The van der Waals surface area contributed by atoms with Crippen molar-refractivity contribution in [3.05, 3.63) is 42.4 Å². The zero-order valence-electron chi connectivity index (χ0n) is 15.1. The number of nitrogens with one attached hydrogen (secondary N) is 1. The van der Waals surface area contributed by atoms with Crippen molar-refractivity contribution in [3.8, 4) is 11.5 Å². The lowest BCUT2D eigenvalue weighted by molar-refractivity contribution is -0.125. The van der Waals surface area contributed by atoms with Crippen LogP contribution in [-0.2, 0) is 11.3 Å². The van der Waals surface area contributed by atoms with Crippen LogP contribution in [0.5, 0.6) is 11.5 Å². The molecule has 2 aromatic rings. The first kappa shape index (κ1) is 18.0. The fourth-order valence-corrected chi connectivity index (χ4v) is 3.15. The highest BCUT2D eigenvalue weighted by molar-refractivity contribution is 5.79. The summed E-state index contributed by atoms with van der Waals surface area (Å²) in [7, 11) is 3.21. The van der Waals surface area contributed by atoms with Crippen molar-refractivity contribution in [2.75, 3.05) is 32.2 Å². The summed E-state index contributed by atoms with van der Waals surface area (Å²) in [5.74, 6) is 2.34. The Morgan fingerprint density at radius 1 is 1.19 bits per heavy atom. The van der Waals surface area contributed by atoms with E-state index >= 15 is 0 Å². The van der Waals surface area contributed by atoms with Gasteiger partial charge in [-0.1, -0.05) is 6.07 Å². The normalized spacial score (nSPS) is 14.8. The van der Waals surface area contributed by atoms with Crippen molar-refractivity contribution >= 4 is 11.7 Å². The van der Waals surface area contributed by atoms with Crippen LogP contribution in [0.4, 0.5) is 5.82 Å². The molecule has 7 nitrogen and oxygen atoms in total. The predicted octanol–water partition coefficient (Wildman–Crippen LogP) is 2.03. The van der Waals surface area contributed by atoms with Gasteiger partial charge in [0.1, 0.15) is 5.82 Å². The third-order valence-corrected chi connectivity index (χ3v) is 4.65. The fourth-order valence-electron chi connectivity index (χ4n) is 3.15. The van der Waals surface area contributed by atoms with Crippen LogP contribution in [0.25, 0.3) is 0 Å². The Hall–Kier alpha value is -2.83. The van der Waals surface area contributed by atoms with Gasteiger partial charge >= 0.3 is 0 Å². The molecule has 1 aromatic carbocycles. The standard InChI is InChI=1S/C19H24N4O3/c1-25-16-4-3-14(11-17(16)26-2)12-22-19(24)15-5-9-23(10-6-15)18-13-20-7-8-21-18/h3-4,7-8,11,13,15H,5-6,9-10,12H2,1-2H3,(H,22,24). The molecule has 3 rings (SSSR count). The number of piperidine rings is 1. The Bertz CT molecular complexity index is 731. The zero-order valence-corrected chi connectivity index (χ0v) is 15.1. The molecule has 1 aliphatic rings. The summed E-state index contributed by atoms with van der Waals surface area (Å²) in [6, 6.07) is 5.66. The number of carbonyl (C=O) groups is 1. The second-order valence-electron chi connectivity index (χ2n) is 6.23. The van der Waals surface area contributed by atoms with Gasteiger partial charge in [0.25, 0.3) is 0 Å². The smallest absolute Gasteiger partial charge is 0.223 e. The molecule has 0 spiro atoms. The second-order valence-corrected chi connectivity index (χ2v) is 6.23. The lowest BCUT2D eigenvalue weighted by Crippen LogP contribution is -2.40. The van der Waals surface area contributed by atoms with Gasteiger partial charge in [-0.3, -0.25) is 9.78 Å². The molecule has 138 valence electrons. The highest BCUT2D eigenvalue weighted by Gasteiger charge is 2.25. The number of hydrogen-bond acceptors (Lipinski definition) is 6. The van der Waals surface area contributed by atoms with E-state index in [-0.39, 0.29) is 11.8 Å². The van der Waals surface area contributed by atoms with Crippen LogP contribution in [0.3, 0.4) is 0 Å². The molecular weight excluding hydrogens is 332 g/mol. The molecule has 0 radical (unpaired) electrons. The minimum absolute atomic E-state index is 0.0306. The van der Waals surface area contributed by atoms with Crippen molar-refractivity contribution in [3.63, 3.8) is 0 Å². The second kappa shape index (κ2) is 8.51. The lowest BCUT2D eigenvalue weighted by Gasteiger charge is -2.31. The summed E-state index contributed by atoms with van der Waals surface area (Å²) in [4.78, 5) is 23.1. The van der Waals surface area contributed by atoms with Crippen molar-refractivity contribution < 1.29 is 14.3 Å². The number of nitrogens with zero attached hydrogens (tertiary/aromatic N) is 3. The van der Waals surface area contributed by atoms with Gasteiger partial charge in [0, 0.05) is 37.9 Å². The third-order valence-electron chi connectivity index (χ3n) is 4.65. The Morgan fingerprint density at radius 2 is 1.96 bits per heavy atom. The van der Waals surface area contributed by atoms with E-state index in [1.54, 1.807) is 32.8 Å². The van der Waals surface area contributed by atoms with Crippen LogP contribution >= 0.6 is 0 Å². The summed E-state index contributed by atoms with van der Waals surface area (Å²) in [6.45, 7) is 2.10. The molecule has 2 heterocycles. The maximum absolute atomic E-state index is 12.5. The van der Waals surface area contributed by atoms with Crippen LogP contribution in [0.2, 0.25) is 0 Å². The summed E-state index contributed by atoms with van der Waals surface area (Å²) < 4.78 is 10.5. The number of hydrogen-bond donors (Lipinski definition) is 1. The molecule has 7 heteroatoms. The van der Waals surface area contributed by atoms with Crippen LogP contribution in [0.1, 0.15) is 18.4 Å². The molecule has 26 heavy (non-hydrogen) atoms. The zero-order chi connectivity index (χ0) is 18.4. The van der Waals surface area contributed by atoms with Gasteiger partial charge in [0.2, 0.25) is 5.91 Å². The SMILES string of the molecule is COc1ccc(CNC(=O)C2CCN(c3cnccn3)CC2)cc1OC. The van der Waals surface area contributed by atoms with Gasteiger partial charge in [-0.2, -0.15) is 0 Å². The Morgan fingerprint density at radius 3 is 2.62 bits per heavy atom. The van der Waals surface area contributed by atoms with E-state index in [0.717, 1.165) is 37.3 Å². The molecule has 1 aliphatic heterocycles. The van der Waals surface area contributed by atoms with E-state index in [0.29, 0.717) is 18.0 Å². The maximum atomic E-state index is 12.5. The molecule has 0 bridgehead atoms. The summed E-state index contributed by atoms with van der Waals surface area (Å²) >= 11 is 0. The summed E-state index contributed by atoms with van der Waals surface area (Å²) in [5.41, 5.74) is 0.980. The Balaban J connectivity index is 1.50. The quantitative estimate of drug-likeness (QED) is 0.853. The number of benzene rings is 1. The van der Waals surface area contributed by atoms with Crippen molar-refractivity contribution in [2.24, 2.45) is 5.92 Å². The summed E-state index contributed by atoms with van der Waals surface area (Å²) in [5, 5.41) is 3.03. The van der Waals surface area contributed by atoms with E-state index in [4.69, 9.17) is 9.47 Å². The topological polar surface area (TPSA) is 76.6 Å². The highest BCUT2D eigenvalue weighted by Crippen LogP contribution is 2.27. The molecule has 1 saturated heterocycles. The maximum Gasteiger partial charge on any atom is 0.223 e. The van der Waals surface area contributed by atoms with E-state index in [1.165, 1.54) is 0 Å². The first-order valence-corrected chi connectivity index (χ1v) is 8.71. The van der Waals surface area contributed by atoms with Gasteiger partial charge < -0.3 is 19.7 Å². The van der Waals surface area contributed by atoms with Crippen LogP contribution < -0.4 is 19.7 Å². The number of ether oxygens (including phenoxy) is 2. The van der Waals surface area contributed by atoms with Gasteiger partial charge in [0.15, 0.2) is 11.5 Å². The van der Waals surface area contributed by atoms with E-state index in [1.807, 2.05) is 18.2 Å². The predicted molar refractivity (Wildman–Crippen MR) is 98.4 cm³/mol. The monoisotopic (exact) mass is 356 g/mol. The molecule has 1 amide bonds. The minimum Gasteiger partial charge on any atom is -0.493 e. The van der Waals surface area contributed by atoms with Crippen molar-refractivity contribution in [1.82, 2.24) is 15.3 Å². The number of carbonyl (C=O) groups excluding carboxylic acids is 1. The number of amides is 1. The number of rotatable bonds is 6. The molecular formula is C19H24N4O3. The molecule has 0 unspecified atom stereocenters. The first-order valence-electron chi connectivity index (χ1n) is 8.71. The molecule has 1 N–H and O–H groups in total. The molecule has 1 fully saturated rings. The minimum atomic E-state index is 0.0306. The average Bonchev–Trinajstić information content (AvgIpc) is 2.72. The van der Waals surface area contributed by atoms with E-state index in [9.17, 15) is 4.79 Å². The molecule has 0 atom stereocenters. The van der Waals surface area contributed by atoms with Gasteiger partial charge in [-0.25, -0.2) is 4.98 Å². The van der Waals surface area contributed by atoms with Crippen molar-refractivity contribution in [2.45, 2.75) is 19.4 Å². The molecule has 0 aliphatic carbocycles. The Labute approximate surface area is 153 Å². The Kier molecular flexibility index (Phi) is 5.88.